The normalized spacial score (nSPS) is 22.1. The van der Waals surface area contributed by atoms with Gasteiger partial charge in [0.15, 0.2) is 0 Å². The monoisotopic (exact) mass is 241 g/mol. The lowest BCUT2D eigenvalue weighted by atomic mass is 9.93. The summed E-state index contributed by atoms with van der Waals surface area (Å²) < 4.78 is 0. The van der Waals surface area contributed by atoms with Crippen molar-refractivity contribution in [1.29, 1.82) is 0 Å². The lowest BCUT2D eigenvalue weighted by molar-refractivity contribution is -0.126. The molecule has 0 bridgehead atoms. The second kappa shape index (κ2) is 7.00. The molecule has 1 amide bonds. The van der Waals surface area contributed by atoms with Crippen LogP contribution in [0.4, 0.5) is 0 Å². The third kappa shape index (κ3) is 4.66. The van der Waals surface area contributed by atoms with E-state index in [0.717, 1.165) is 12.3 Å². The highest BCUT2D eigenvalue weighted by molar-refractivity contribution is 5.78. The number of hydrogen-bond donors (Lipinski definition) is 2. The van der Waals surface area contributed by atoms with Crippen molar-refractivity contribution in [3.8, 4) is 0 Å². The van der Waals surface area contributed by atoms with E-state index in [1.165, 1.54) is 25.7 Å². The highest BCUT2D eigenvalue weighted by atomic mass is 16.3. The molecule has 0 spiro atoms. The average Bonchev–Trinajstić information content (AvgIpc) is 2.80. The highest BCUT2D eigenvalue weighted by Gasteiger charge is 2.23. The molecule has 3 heteroatoms. The Morgan fingerprint density at radius 1 is 1.29 bits per heavy atom. The summed E-state index contributed by atoms with van der Waals surface area (Å²) in [5.41, 5.74) is 0. The van der Waals surface area contributed by atoms with E-state index in [4.69, 9.17) is 5.11 Å². The van der Waals surface area contributed by atoms with E-state index in [1.807, 2.05) is 20.8 Å². The van der Waals surface area contributed by atoms with Gasteiger partial charge in [-0.2, -0.15) is 0 Å². The molecule has 0 aromatic rings. The molecular weight excluding hydrogens is 214 g/mol. The molecule has 3 nitrogen and oxygen atoms in total. The molecular formula is C14H27NO2. The average molecular weight is 241 g/mol. The fourth-order valence-corrected chi connectivity index (χ4v) is 2.52. The molecule has 17 heavy (non-hydrogen) atoms. The Morgan fingerprint density at radius 3 is 2.41 bits per heavy atom. The van der Waals surface area contributed by atoms with Gasteiger partial charge < -0.3 is 10.4 Å². The first-order chi connectivity index (χ1) is 8.04. The molecule has 0 aromatic heterocycles. The number of hydrogen-bond acceptors (Lipinski definition) is 2. The molecule has 0 heterocycles. The van der Waals surface area contributed by atoms with Gasteiger partial charge in [0.05, 0.1) is 0 Å². The fraction of sp³-hybridized carbons (Fsp3) is 0.929. The third-order valence-corrected chi connectivity index (χ3v) is 4.12. The molecule has 0 aliphatic heterocycles. The number of aliphatic hydroxyl groups excluding tert-OH is 1. The van der Waals surface area contributed by atoms with Crippen molar-refractivity contribution in [2.45, 2.75) is 58.9 Å². The molecule has 1 fully saturated rings. The summed E-state index contributed by atoms with van der Waals surface area (Å²) in [6.45, 7) is 6.05. The minimum atomic E-state index is 0.0542. The van der Waals surface area contributed by atoms with Crippen LogP contribution in [0.1, 0.15) is 52.9 Å². The number of nitrogens with one attached hydrogen (secondary N) is 1. The van der Waals surface area contributed by atoms with Crippen LogP contribution in [0.2, 0.25) is 0 Å². The molecule has 0 radical (unpaired) electrons. The van der Waals surface area contributed by atoms with Crippen molar-refractivity contribution in [3.63, 3.8) is 0 Å². The summed E-state index contributed by atoms with van der Waals surface area (Å²) in [6, 6.07) is 0.0542. The zero-order chi connectivity index (χ0) is 12.8. The largest absolute Gasteiger partial charge is 0.396 e. The van der Waals surface area contributed by atoms with Gasteiger partial charge >= 0.3 is 0 Å². The first kappa shape index (κ1) is 14.5. The Morgan fingerprint density at radius 2 is 1.88 bits per heavy atom. The minimum Gasteiger partial charge on any atom is -0.396 e. The van der Waals surface area contributed by atoms with Gasteiger partial charge in [-0.3, -0.25) is 4.79 Å². The van der Waals surface area contributed by atoms with Crippen molar-refractivity contribution in [2.75, 3.05) is 6.61 Å². The zero-order valence-electron chi connectivity index (χ0n) is 11.4. The van der Waals surface area contributed by atoms with Crippen LogP contribution in [0.15, 0.2) is 0 Å². The summed E-state index contributed by atoms with van der Waals surface area (Å²) in [7, 11) is 0. The Balaban J connectivity index is 2.30. The maximum absolute atomic E-state index is 12.0. The molecule has 100 valence electrons. The van der Waals surface area contributed by atoms with Crippen LogP contribution in [0.25, 0.3) is 0 Å². The molecule has 0 saturated heterocycles. The van der Waals surface area contributed by atoms with Gasteiger partial charge in [0.2, 0.25) is 5.91 Å². The molecule has 0 aromatic carbocycles. The summed E-state index contributed by atoms with van der Waals surface area (Å²) in [5, 5.41) is 12.0. The molecule has 3 unspecified atom stereocenters. The van der Waals surface area contributed by atoms with Gasteiger partial charge in [-0.1, -0.05) is 39.5 Å². The SMILES string of the molecule is CC(CC1CCCC1)C(=O)NC(C)C(C)CO. The van der Waals surface area contributed by atoms with Crippen LogP contribution in [-0.2, 0) is 4.79 Å². The van der Waals surface area contributed by atoms with E-state index in [-0.39, 0.29) is 30.4 Å². The van der Waals surface area contributed by atoms with Gasteiger partial charge in [-0.05, 0) is 25.2 Å². The predicted molar refractivity (Wildman–Crippen MR) is 69.6 cm³/mol. The second-order valence-corrected chi connectivity index (χ2v) is 5.74. The maximum Gasteiger partial charge on any atom is 0.223 e. The standard InChI is InChI=1S/C14H27NO2/c1-10(8-13-6-4-5-7-13)14(17)15-12(3)11(2)9-16/h10-13,16H,4-9H2,1-3H3,(H,15,17). The molecule has 1 aliphatic carbocycles. The molecule has 1 saturated carbocycles. The van der Waals surface area contributed by atoms with E-state index in [9.17, 15) is 4.79 Å². The maximum atomic E-state index is 12.0. The topological polar surface area (TPSA) is 49.3 Å². The van der Waals surface area contributed by atoms with E-state index >= 15 is 0 Å². The zero-order valence-corrected chi connectivity index (χ0v) is 11.4. The smallest absolute Gasteiger partial charge is 0.223 e. The van der Waals surface area contributed by atoms with Crippen molar-refractivity contribution >= 4 is 5.91 Å². The summed E-state index contributed by atoms with van der Waals surface area (Å²) in [4.78, 5) is 12.0. The van der Waals surface area contributed by atoms with Crippen LogP contribution in [0.5, 0.6) is 0 Å². The van der Waals surface area contributed by atoms with Crippen molar-refractivity contribution in [2.24, 2.45) is 17.8 Å². The highest BCUT2D eigenvalue weighted by Crippen LogP contribution is 2.30. The number of aliphatic hydroxyl groups is 1. The van der Waals surface area contributed by atoms with Crippen molar-refractivity contribution in [3.05, 3.63) is 0 Å². The van der Waals surface area contributed by atoms with E-state index in [2.05, 4.69) is 5.32 Å². The molecule has 1 rings (SSSR count). The van der Waals surface area contributed by atoms with Gasteiger partial charge in [-0.25, -0.2) is 0 Å². The molecule has 1 aliphatic rings. The predicted octanol–water partition coefficient (Wildman–Crippen LogP) is 2.34. The summed E-state index contributed by atoms with van der Waals surface area (Å²) in [5.74, 6) is 1.12. The summed E-state index contributed by atoms with van der Waals surface area (Å²) in [6.07, 6.45) is 6.26. The van der Waals surface area contributed by atoms with Gasteiger partial charge in [0, 0.05) is 18.6 Å². The Hall–Kier alpha value is -0.570. The van der Waals surface area contributed by atoms with Gasteiger partial charge in [0.25, 0.3) is 0 Å². The van der Waals surface area contributed by atoms with E-state index in [1.54, 1.807) is 0 Å². The second-order valence-electron chi connectivity index (χ2n) is 5.74. The van der Waals surface area contributed by atoms with Crippen molar-refractivity contribution < 1.29 is 9.90 Å². The molecule has 3 atom stereocenters. The van der Waals surface area contributed by atoms with Crippen LogP contribution < -0.4 is 5.32 Å². The lowest BCUT2D eigenvalue weighted by Crippen LogP contribution is -2.41. The van der Waals surface area contributed by atoms with E-state index < -0.39 is 0 Å². The van der Waals surface area contributed by atoms with Crippen LogP contribution in [0, 0.1) is 17.8 Å². The van der Waals surface area contributed by atoms with Gasteiger partial charge in [-0.15, -0.1) is 0 Å². The number of rotatable bonds is 6. The van der Waals surface area contributed by atoms with E-state index in [0.29, 0.717) is 0 Å². The quantitative estimate of drug-likeness (QED) is 0.750. The van der Waals surface area contributed by atoms with Gasteiger partial charge in [0.1, 0.15) is 0 Å². The van der Waals surface area contributed by atoms with Crippen molar-refractivity contribution in [1.82, 2.24) is 5.32 Å². The third-order valence-electron chi connectivity index (χ3n) is 4.12. The van der Waals surface area contributed by atoms with Crippen LogP contribution >= 0.6 is 0 Å². The van der Waals surface area contributed by atoms with Crippen LogP contribution in [0.3, 0.4) is 0 Å². The number of carbonyl (C=O) groups excluding carboxylic acids is 1. The van der Waals surface area contributed by atoms with Crippen LogP contribution in [-0.4, -0.2) is 23.7 Å². The Kier molecular flexibility index (Phi) is 5.96. The number of amides is 1. The first-order valence-electron chi connectivity index (χ1n) is 6.95. The fourth-order valence-electron chi connectivity index (χ4n) is 2.52. The first-order valence-corrected chi connectivity index (χ1v) is 6.95. The summed E-state index contributed by atoms with van der Waals surface area (Å²) >= 11 is 0. The Labute approximate surface area is 105 Å². The minimum absolute atomic E-state index is 0.0542. The molecule has 2 N–H and O–H groups in total. The number of carbonyl (C=O) groups is 1. The Bertz CT molecular complexity index is 236. The lowest BCUT2D eigenvalue weighted by Gasteiger charge is -2.22.